The van der Waals surface area contributed by atoms with Gasteiger partial charge in [0, 0.05) is 40.8 Å². The van der Waals surface area contributed by atoms with Gasteiger partial charge in [-0.05, 0) is 73.9 Å². The highest BCUT2D eigenvalue weighted by Gasteiger charge is 2.31. The number of fused-ring (bicyclic) bond motifs is 3. The molecule has 1 unspecified atom stereocenters. The van der Waals surface area contributed by atoms with Gasteiger partial charge < -0.3 is 5.32 Å². The predicted octanol–water partition coefficient (Wildman–Crippen LogP) is 4.88. The number of aromatic nitrogens is 1. The molecule has 1 heterocycles. The van der Waals surface area contributed by atoms with Gasteiger partial charge in [0.25, 0.3) is 0 Å². The molecule has 0 saturated heterocycles. The molecule has 2 aromatic carbocycles. The first-order valence-electron chi connectivity index (χ1n) is 12.8. The van der Waals surface area contributed by atoms with E-state index < -0.39 is 10.0 Å². The van der Waals surface area contributed by atoms with E-state index in [4.69, 9.17) is 9.98 Å². The summed E-state index contributed by atoms with van der Waals surface area (Å²) >= 11 is 0. The van der Waals surface area contributed by atoms with Crippen LogP contribution in [0.5, 0.6) is 0 Å². The van der Waals surface area contributed by atoms with E-state index in [1.807, 2.05) is 63.5 Å². The Kier molecular flexibility index (Phi) is 6.88. The Labute approximate surface area is 218 Å². The Hall–Kier alpha value is -3.48. The van der Waals surface area contributed by atoms with Crippen LogP contribution in [-0.4, -0.2) is 25.9 Å². The topological polar surface area (TPSA) is 119 Å². The van der Waals surface area contributed by atoms with Crippen LogP contribution >= 0.6 is 0 Å². The lowest BCUT2D eigenvalue weighted by Crippen LogP contribution is -2.28. The molecule has 2 aliphatic rings. The van der Waals surface area contributed by atoms with Crippen LogP contribution in [0.2, 0.25) is 0 Å². The second-order valence-electron chi connectivity index (χ2n) is 10.4. The Morgan fingerprint density at radius 3 is 2.59 bits per heavy atom. The van der Waals surface area contributed by atoms with E-state index in [1.54, 1.807) is 6.07 Å². The Bertz CT molecular complexity index is 1500. The molecule has 0 amide bonds. The molecule has 1 aromatic heterocycles. The second-order valence-corrected chi connectivity index (χ2v) is 12.1. The molecule has 2 aliphatic carbocycles. The first-order chi connectivity index (χ1) is 17.7. The fraction of sp³-hybridized carbons (Fsp3) is 0.393. The van der Waals surface area contributed by atoms with E-state index in [-0.39, 0.29) is 16.9 Å². The number of anilines is 1. The molecule has 192 valence electrons. The zero-order valence-electron chi connectivity index (χ0n) is 21.4. The molecule has 1 fully saturated rings. The van der Waals surface area contributed by atoms with Gasteiger partial charge in [0.1, 0.15) is 0 Å². The van der Waals surface area contributed by atoms with Gasteiger partial charge >= 0.3 is 0 Å². The minimum absolute atomic E-state index is 0.184. The first-order valence-corrected chi connectivity index (χ1v) is 14.2. The van der Waals surface area contributed by atoms with Crippen LogP contribution in [-0.2, 0) is 16.4 Å². The van der Waals surface area contributed by atoms with Crippen LogP contribution in [0.4, 0.5) is 5.69 Å². The van der Waals surface area contributed by atoms with E-state index in [0.29, 0.717) is 24.8 Å². The Balaban J connectivity index is 1.58. The molecule has 0 radical (unpaired) electrons. The molecule has 1 atom stereocenters. The third-order valence-corrected chi connectivity index (χ3v) is 8.38. The van der Waals surface area contributed by atoms with Gasteiger partial charge in [0.05, 0.1) is 10.9 Å². The molecule has 3 N–H and O–H groups in total. The highest BCUT2D eigenvalue weighted by molar-refractivity contribution is 7.89. The summed E-state index contributed by atoms with van der Waals surface area (Å²) in [5.74, 6) is 0.930. The number of nitriles is 1. The summed E-state index contributed by atoms with van der Waals surface area (Å²) in [5.41, 5.74) is 4.84. The smallest absolute Gasteiger partial charge is 0.241 e. The van der Waals surface area contributed by atoms with Gasteiger partial charge in [-0.15, -0.1) is 0 Å². The highest BCUT2D eigenvalue weighted by atomic mass is 32.2. The van der Waals surface area contributed by atoms with E-state index in [2.05, 4.69) is 15.4 Å². The number of sulfonamides is 1. The Morgan fingerprint density at radius 2 is 1.92 bits per heavy atom. The van der Waals surface area contributed by atoms with Crippen molar-refractivity contribution in [1.82, 2.24) is 15.0 Å². The zero-order chi connectivity index (χ0) is 26.2. The predicted molar refractivity (Wildman–Crippen MR) is 146 cm³/mol. The molecule has 0 bridgehead atoms. The first kappa shape index (κ1) is 25.2. The van der Waals surface area contributed by atoms with Crippen LogP contribution < -0.4 is 15.4 Å². The van der Waals surface area contributed by atoms with Crippen LogP contribution in [0.3, 0.4) is 0 Å². The number of nitrogens with one attached hydrogen (secondary N) is 3. The SMILES string of the molecule is Cc1ccc(NC(=NC2CCc3c2cc(S(=O)(=O)NCC(C)C)c2cc(C4CC4)ncc32)NC#N)cc1. The minimum Gasteiger partial charge on any atom is -0.326 e. The van der Waals surface area contributed by atoms with Crippen molar-refractivity contribution in [2.24, 2.45) is 10.9 Å². The van der Waals surface area contributed by atoms with Gasteiger partial charge in [0.2, 0.25) is 16.0 Å². The van der Waals surface area contributed by atoms with Crippen molar-refractivity contribution in [2.75, 3.05) is 11.9 Å². The van der Waals surface area contributed by atoms with Crippen LogP contribution in [0.15, 0.2) is 52.5 Å². The van der Waals surface area contributed by atoms with E-state index in [1.165, 1.54) is 0 Å². The van der Waals surface area contributed by atoms with Crippen molar-refractivity contribution in [1.29, 1.82) is 5.26 Å². The number of benzene rings is 2. The van der Waals surface area contributed by atoms with Gasteiger partial charge in [-0.2, -0.15) is 5.26 Å². The van der Waals surface area contributed by atoms with Crippen molar-refractivity contribution in [2.45, 2.75) is 63.3 Å². The standard InChI is InChI=1S/C28H32N6O2S/c1-17(2)14-32-37(35,36)27-13-22-21(24-15-30-26(12-23(24)27)19-6-7-19)10-11-25(22)34-28(31-16-29)33-20-8-4-18(3)5-9-20/h4-5,8-9,12-13,15,17,19,25,32H,6-7,10-11,14H2,1-3H3,(H2,31,33,34). The number of nitrogens with zero attached hydrogens (tertiary/aromatic N) is 3. The molecule has 5 rings (SSSR count). The van der Waals surface area contributed by atoms with Crippen molar-refractivity contribution in [3.8, 4) is 6.19 Å². The lowest BCUT2D eigenvalue weighted by Gasteiger charge is -2.17. The summed E-state index contributed by atoms with van der Waals surface area (Å²) in [7, 11) is -3.75. The van der Waals surface area contributed by atoms with Crippen LogP contribution in [0.1, 0.15) is 67.5 Å². The number of rotatable bonds is 7. The molecule has 1 saturated carbocycles. The number of aliphatic imine (C=N–C) groups is 1. The molecule has 37 heavy (non-hydrogen) atoms. The summed E-state index contributed by atoms with van der Waals surface area (Å²) in [6, 6.07) is 11.3. The quantitative estimate of drug-likeness (QED) is 0.178. The maximum Gasteiger partial charge on any atom is 0.241 e. The largest absolute Gasteiger partial charge is 0.326 e. The summed E-state index contributed by atoms with van der Waals surface area (Å²) in [5, 5.41) is 16.7. The summed E-state index contributed by atoms with van der Waals surface area (Å²) in [4.78, 5) is 9.80. The van der Waals surface area contributed by atoms with Gasteiger partial charge in [0.15, 0.2) is 6.19 Å². The van der Waals surface area contributed by atoms with Crippen molar-refractivity contribution < 1.29 is 8.42 Å². The number of aryl methyl sites for hydroxylation is 2. The van der Waals surface area contributed by atoms with Crippen molar-refractivity contribution in [3.63, 3.8) is 0 Å². The van der Waals surface area contributed by atoms with Crippen LogP contribution in [0, 0.1) is 24.3 Å². The number of hydrogen-bond donors (Lipinski definition) is 3. The minimum atomic E-state index is -3.75. The zero-order valence-corrected chi connectivity index (χ0v) is 22.2. The average molecular weight is 517 g/mol. The van der Waals surface area contributed by atoms with Crippen molar-refractivity contribution in [3.05, 3.63) is 65.0 Å². The molecule has 8 nitrogen and oxygen atoms in total. The molecular weight excluding hydrogens is 484 g/mol. The Morgan fingerprint density at radius 1 is 1.16 bits per heavy atom. The maximum absolute atomic E-state index is 13.5. The normalized spacial score (nSPS) is 17.6. The second kappa shape index (κ2) is 10.1. The molecule has 0 spiro atoms. The molecule has 0 aliphatic heterocycles. The third kappa shape index (κ3) is 5.45. The number of hydrogen-bond acceptors (Lipinski definition) is 5. The molecule has 9 heteroatoms. The lowest BCUT2D eigenvalue weighted by molar-refractivity contribution is 0.560. The van der Waals surface area contributed by atoms with E-state index >= 15 is 0 Å². The summed E-state index contributed by atoms with van der Waals surface area (Å²) in [6.07, 6.45) is 7.45. The van der Waals surface area contributed by atoms with Crippen molar-refractivity contribution >= 4 is 32.4 Å². The van der Waals surface area contributed by atoms with Crippen LogP contribution in [0.25, 0.3) is 10.8 Å². The van der Waals surface area contributed by atoms with Gasteiger partial charge in [-0.25, -0.2) is 18.1 Å². The monoisotopic (exact) mass is 516 g/mol. The molecule has 3 aromatic rings. The summed E-state index contributed by atoms with van der Waals surface area (Å²) < 4.78 is 29.8. The van der Waals surface area contributed by atoms with Gasteiger partial charge in [-0.3, -0.25) is 10.3 Å². The fourth-order valence-corrected chi connectivity index (χ4v) is 6.23. The average Bonchev–Trinajstić information content (AvgIpc) is 3.65. The molecular formula is C28H32N6O2S. The highest BCUT2D eigenvalue weighted by Crippen LogP contribution is 2.44. The van der Waals surface area contributed by atoms with E-state index in [9.17, 15) is 13.7 Å². The third-order valence-electron chi connectivity index (χ3n) is 6.92. The number of pyridine rings is 1. The number of guanidine groups is 1. The van der Waals surface area contributed by atoms with Gasteiger partial charge in [-0.1, -0.05) is 31.5 Å². The maximum atomic E-state index is 13.5. The van der Waals surface area contributed by atoms with E-state index in [0.717, 1.165) is 58.1 Å². The summed E-state index contributed by atoms with van der Waals surface area (Å²) in [6.45, 7) is 6.33. The lowest BCUT2D eigenvalue weighted by atomic mass is 10.0. The fourth-order valence-electron chi connectivity index (χ4n) is 4.78.